The molecule has 9 heteroatoms. The van der Waals surface area contributed by atoms with Gasteiger partial charge in [0.2, 0.25) is 0 Å². The second-order valence-corrected chi connectivity index (χ2v) is 6.82. The van der Waals surface area contributed by atoms with Gasteiger partial charge in [-0.2, -0.15) is 13.2 Å². The first-order valence-corrected chi connectivity index (χ1v) is 8.57. The summed E-state index contributed by atoms with van der Waals surface area (Å²) in [5.74, 6) is 0. The third kappa shape index (κ3) is 5.25. The van der Waals surface area contributed by atoms with Crippen LogP contribution >= 0.6 is 47.8 Å². The fraction of sp³-hybridized carbons (Fsp3) is 0.375. The maximum absolute atomic E-state index is 13.1. The molecule has 0 radical (unpaired) electrons. The minimum absolute atomic E-state index is 0. The Kier molecular flexibility index (Phi) is 8.51. The lowest BCUT2D eigenvalue weighted by Crippen LogP contribution is -2.45. The molecule has 0 saturated carbocycles. The fourth-order valence-corrected chi connectivity index (χ4v) is 3.94. The van der Waals surface area contributed by atoms with Crippen molar-refractivity contribution in [3.63, 3.8) is 0 Å². The topological polar surface area (TPSA) is 15.3 Å². The van der Waals surface area contributed by atoms with E-state index >= 15 is 0 Å². The van der Waals surface area contributed by atoms with Crippen molar-refractivity contribution in [2.24, 2.45) is 0 Å². The minimum atomic E-state index is -4.37. The second-order valence-electron chi connectivity index (χ2n) is 5.44. The van der Waals surface area contributed by atoms with Crippen LogP contribution in [0.1, 0.15) is 22.0 Å². The van der Waals surface area contributed by atoms with Crippen molar-refractivity contribution in [2.45, 2.75) is 12.2 Å². The molecule has 0 aliphatic carbocycles. The van der Waals surface area contributed by atoms with Gasteiger partial charge in [0, 0.05) is 36.1 Å². The summed E-state index contributed by atoms with van der Waals surface area (Å²) < 4.78 is 39.3. The van der Waals surface area contributed by atoms with E-state index in [1.807, 2.05) is 17.5 Å². The number of piperazine rings is 1. The van der Waals surface area contributed by atoms with Crippen LogP contribution in [0.25, 0.3) is 0 Å². The highest BCUT2D eigenvalue weighted by Crippen LogP contribution is 2.39. The summed E-state index contributed by atoms with van der Waals surface area (Å²) in [5.41, 5.74) is -0.139. The average Bonchev–Trinajstić information content (AvgIpc) is 3.03. The molecule has 1 atom stereocenters. The normalized spacial score (nSPS) is 16.6. The highest BCUT2D eigenvalue weighted by atomic mass is 35.5. The molecule has 1 aliphatic heterocycles. The summed E-state index contributed by atoms with van der Waals surface area (Å²) in [4.78, 5) is 3.19. The monoisotopic (exact) mass is 432 g/mol. The average molecular weight is 434 g/mol. The zero-order chi connectivity index (χ0) is 16.4. The SMILES string of the molecule is Cl.Cl.FC(F)(F)c1ccc(Cl)c([C@@H](c2cccs2)N2CCNCC2)c1. The van der Waals surface area contributed by atoms with Gasteiger partial charge in [0.05, 0.1) is 11.6 Å². The molecule has 1 saturated heterocycles. The van der Waals surface area contributed by atoms with Gasteiger partial charge < -0.3 is 5.32 Å². The number of nitrogens with one attached hydrogen (secondary N) is 1. The fourth-order valence-electron chi connectivity index (χ4n) is 2.85. The zero-order valence-corrected chi connectivity index (χ0v) is 16.3. The summed E-state index contributed by atoms with van der Waals surface area (Å²) in [6.07, 6.45) is -4.37. The molecule has 1 fully saturated rings. The molecule has 1 N–H and O–H groups in total. The highest BCUT2D eigenvalue weighted by Gasteiger charge is 2.33. The van der Waals surface area contributed by atoms with Crippen molar-refractivity contribution >= 4 is 47.8 Å². The molecule has 1 aromatic carbocycles. The number of alkyl halides is 3. The maximum atomic E-state index is 13.1. The smallest absolute Gasteiger partial charge is 0.314 e. The summed E-state index contributed by atoms with van der Waals surface area (Å²) in [6.45, 7) is 3.18. The van der Waals surface area contributed by atoms with E-state index in [1.54, 1.807) is 0 Å². The van der Waals surface area contributed by atoms with Crippen LogP contribution in [0.15, 0.2) is 35.7 Å². The molecule has 0 amide bonds. The van der Waals surface area contributed by atoms with Crippen molar-refractivity contribution in [3.8, 4) is 0 Å². The van der Waals surface area contributed by atoms with E-state index in [9.17, 15) is 13.2 Å². The van der Waals surface area contributed by atoms with E-state index in [-0.39, 0.29) is 30.9 Å². The Morgan fingerprint density at radius 1 is 1.12 bits per heavy atom. The first-order chi connectivity index (χ1) is 11.0. The van der Waals surface area contributed by atoms with E-state index in [1.165, 1.54) is 23.5 Å². The van der Waals surface area contributed by atoms with E-state index in [4.69, 9.17) is 11.6 Å². The molecule has 0 unspecified atom stereocenters. The Bertz CT molecular complexity index is 659. The molecule has 1 aliphatic rings. The van der Waals surface area contributed by atoms with Gasteiger partial charge in [-0.25, -0.2) is 0 Å². The molecule has 3 rings (SSSR count). The van der Waals surface area contributed by atoms with Crippen molar-refractivity contribution in [3.05, 3.63) is 56.7 Å². The Morgan fingerprint density at radius 3 is 2.36 bits per heavy atom. The van der Waals surface area contributed by atoms with Crippen LogP contribution in [0.2, 0.25) is 5.02 Å². The molecule has 2 heterocycles. The lowest BCUT2D eigenvalue weighted by molar-refractivity contribution is -0.137. The predicted molar refractivity (Wildman–Crippen MR) is 102 cm³/mol. The predicted octanol–water partition coefficient (Wildman–Crippen LogP) is 5.26. The second kappa shape index (κ2) is 9.44. The van der Waals surface area contributed by atoms with Crippen LogP contribution in [-0.4, -0.2) is 31.1 Å². The third-order valence-corrected chi connectivity index (χ3v) is 5.22. The summed E-state index contributed by atoms with van der Waals surface area (Å²) in [6, 6.07) is 7.20. The van der Waals surface area contributed by atoms with Gasteiger partial charge in [-0.15, -0.1) is 36.2 Å². The Labute approximate surface area is 166 Å². The Hall–Kier alpha value is -0.500. The van der Waals surface area contributed by atoms with Crippen molar-refractivity contribution in [2.75, 3.05) is 26.2 Å². The maximum Gasteiger partial charge on any atom is 0.416 e. The highest BCUT2D eigenvalue weighted by molar-refractivity contribution is 7.10. The molecule has 140 valence electrons. The summed E-state index contributed by atoms with van der Waals surface area (Å²) in [5, 5.41) is 5.57. The van der Waals surface area contributed by atoms with Crippen LogP contribution in [0, 0.1) is 0 Å². The van der Waals surface area contributed by atoms with E-state index in [2.05, 4.69) is 10.2 Å². The van der Waals surface area contributed by atoms with Crippen molar-refractivity contribution in [1.29, 1.82) is 0 Å². The Morgan fingerprint density at radius 2 is 1.80 bits per heavy atom. The summed E-state index contributed by atoms with van der Waals surface area (Å²) in [7, 11) is 0. The summed E-state index contributed by atoms with van der Waals surface area (Å²) >= 11 is 7.81. The van der Waals surface area contributed by atoms with Crippen LogP contribution in [0.5, 0.6) is 0 Å². The molecular weight excluding hydrogens is 416 g/mol. The van der Waals surface area contributed by atoms with Crippen molar-refractivity contribution < 1.29 is 13.2 Å². The first-order valence-electron chi connectivity index (χ1n) is 7.31. The Balaban J connectivity index is 0.00000156. The van der Waals surface area contributed by atoms with Gasteiger partial charge in [0.1, 0.15) is 0 Å². The lowest BCUT2D eigenvalue weighted by Gasteiger charge is -2.35. The first kappa shape index (κ1) is 22.5. The molecule has 0 bridgehead atoms. The lowest BCUT2D eigenvalue weighted by atomic mass is 10.00. The van der Waals surface area contributed by atoms with Crippen LogP contribution in [0.4, 0.5) is 13.2 Å². The van der Waals surface area contributed by atoms with Gasteiger partial charge >= 0.3 is 6.18 Å². The van der Waals surface area contributed by atoms with Gasteiger partial charge in [-0.1, -0.05) is 17.7 Å². The molecule has 1 aromatic heterocycles. The van der Waals surface area contributed by atoms with Crippen LogP contribution in [-0.2, 0) is 6.18 Å². The van der Waals surface area contributed by atoms with Gasteiger partial charge in [-0.05, 0) is 35.2 Å². The zero-order valence-electron chi connectivity index (χ0n) is 13.1. The standard InChI is InChI=1S/C16H16ClF3N2S.2ClH/c17-13-4-3-11(16(18,19)20)10-12(13)15(14-2-1-9-23-14)22-7-5-21-6-8-22;;/h1-4,9-10,15,21H,5-8H2;2*1H/t15-;;/m0../s1. The number of hydrogen-bond acceptors (Lipinski definition) is 3. The quantitative estimate of drug-likeness (QED) is 0.710. The molecule has 0 spiro atoms. The largest absolute Gasteiger partial charge is 0.416 e. The number of thiophene rings is 1. The molecule has 2 nitrogen and oxygen atoms in total. The third-order valence-electron chi connectivity index (χ3n) is 3.95. The van der Waals surface area contributed by atoms with E-state index in [0.29, 0.717) is 10.6 Å². The molecule has 2 aromatic rings. The number of nitrogens with zero attached hydrogens (tertiary/aromatic N) is 1. The van der Waals surface area contributed by atoms with E-state index < -0.39 is 11.7 Å². The number of benzene rings is 1. The number of hydrogen-bond donors (Lipinski definition) is 1. The molecular formula is C16H18Cl3F3N2S. The van der Waals surface area contributed by atoms with Gasteiger partial charge in [0.15, 0.2) is 0 Å². The van der Waals surface area contributed by atoms with Gasteiger partial charge in [-0.3, -0.25) is 4.90 Å². The minimum Gasteiger partial charge on any atom is -0.314 e. The molecule has 25 heavy (non-hydrogen) atoms. The van der Waals surface area contributed by atoms with Crippen LogP contribution < -0.4 is 5.32 Å². The van der Waals surface area contributed by atoms with Gasteiger partial charge in [0.25, 0.3) is 0 Å². The van der Waals surface area contributed by atoms with E-state index in [0.717, 1.165) is 37.1 Å². The number of halogens is 6. The van der Waals surface area contributed by atoms with Crippen LogP contribution in [0.3, 0.4) is 0 Å². The number of rotatable bonds is 3. The van der Waals surface area contributed by atoms with Crippen molar-refractivity contribution in [1.82, 2.24) is 10.2 Å².